The molecule has 0 heterocycles. The summed E-state index contributed by atoms with van der Waals surface area (Å²) >= 11 is 0. The predicted molar refractivity (Wildman–Crippen MR) is 321 cm³/mol. The highest BCUT2D eigenvalue weighted by molar-refractivity contribution is 6.07. The fraction of sp³-hybridized carbons (Fsp3) is 0.0137. The topological polar surface area (TPSA) is 13.0 Å². The van der Waals surface area contributed by atoms with Crippen LogP contribution in [-0.4, -0.2) is 0 Å². The molecule has 0 saturated carbocycles. The maximum atomic E-state index is 2.52. The molecule has 0 bridgehead atoms. The number of hydrogen-bond donors (Lipinski definition) is 0. The van der Waals surface area contributed by atoms with E-state index < -0.39 is 5.41 Å². The summed E-state index contributed by atoms with van der Waals surface area (Å²) in [4.78, 5) is 9.79. The van der Waals surface area contributed by atoms with E-state index in [1.54, 1.807) is 0 Å². The van der Waals surface area contributed by atoms with Crippen LogP contribution in [0, 0.1) is 0 Å². The highest BCUT2D eigenvalue weighted by atomic mass is 15.2. The summed E-state index contributed by atoms with van der Waals surface area (Å²) in [6.07, 6.45) is 0. The first kappa shape index (κ1) is 45.5. The second-order valence-electron chi connectivity index (χ2n) is 19.6. The van der Waals surface area contributed by atoms with Crippen molar-refractivity contribution in [1.29, 1.82) is 0 Å². The lowest BCUT2D eigenvalue weighted by molar-refractivity contribution is 0.793. The highest BCUT2D eigenvalue weighted by Gasteiger charge is 2.54. The molecule has 0 saturated heterocycles. The summed E-state index contributed by atoms with van der Waals surface area (Å²) < 4.78 is 0. The smallest absolute Gasteiger partial charge is 0.0728 e. The van der Waals surface area contributed by atoms with E-state index in [0.29, 0.717) is 0 Å². The molecular formula is C73H52N4. The Kier molecular flexibility index (Phi) is 11.4. The fourth-order valence-corrected chi connectivity index (χ4v) is 12.3. The van der Waals surface area contributed by atoms with Gasteiger partial charge in [0, 0.05) is 68.0 Å². The molecule has 0 radical (unpaired) electrons. The molecule has 4 nitrogen and oxygen atoms in total. The van der Waals surface area contributed by atoms with Crippen LogP contribution in [-0.2, 0) is 5.41 Å². The fourth-order valence-electron chi connectivity index (χ4n) is 12.3. The number of hydrogen-bond acceptors (Lipinski definition) is 4. The first-order valence-electron chi connectivity index (χ1n) is 26.4. The summed E-state index contributed by atoms with van der Waals surface area (Å²) in [6.45, 7) is 0. The van der Waals surface area contributed by atoms with Gasteiger partial charge in [0.1, 0.15) is 0 Å². The first-order chi connectivity index (χ1) is 38.3. The summed E-state index contributed by atoms with van der Waals surface area (Å²) in [5, 5.41) is 0. The Balaban J connectivity index is 1.17. The van der Waals surface area contributed by atoms with E-state index >= 15 is 0 Å². The Bertz CT molecular complexity index is 3600. The molecule has 12 aromatic carbocycles. The van der Waals surface area contributed by atoms with E-state index in [1.165, 1.54) is 44.5 Å². The number of fused-ring (bicyclic) bond motifs is 10. The van der Waals surface area contributed by atoms with Gasteiger partial charge in [-0.05, 0) is 155 Å². The van der Waals surface area contributed by atoms with E-state index in [-0.39, 0.29) is 0 Å². The van der Waals surface area contributed by atoms with E-state index in [0.717, 1.165) is 68.2 Å². The molecule has 0 aromatic heterocycles. The Morgan fingerprint density at radius 2 is 0.403 bits per heavy atom. The summed E-state index contributed by atoms with van der Waals surface area (Å²) in [7, 11) is 0. The molecule has 0 fully saturated rings. The Morgan fingerprint density at radius 3 is 0.662 bits per heavy atom. The lowest BCUT2D eigenvalue weighted by Crippen LogP contribution is -2.27. The molecule has 1 spiro atoms. The minimum absolute atomic E-state index is 0.816. The van der Waals surface area contributed by atoms with Gasteiger partial charge in [0.05, 0.1) is 16.8 Å². The second-order valence-corrected chi connectivity index (χ2v) is 19.6. The average molecular weight is 985 g/mol. The quantitative estimate of drug-likeness (QED) is 0.121. The van der Waals surface area contributed by atoms with E-state index in [2.05, 4.69) is 335 Å². The molecule has 0 unspecified atom stereocenters. The predicted octanol–water partition coefficient (Wildman–Crippen LogP) is 19.9. The van der Waals surface area contributed by atoms with Crippen LogP contribution in [0.4, 0.5) is 68.2 Å². The van der Waals surface area contributed by atoms with E-state index in [1.807, 2.05) is 0 Å². The van der Waals surface area contributed by atoms with Gasteiger partial charge in [-0.25, -0.2) is 0 Å². The third-order valence-corrected chi connectivity index (χ3v) is 15.3. The van der Waals surface area contributed by atoms with Crippen molar-refractivity contribution in [1.82, 2.24) is 0 Å². The number of nitrogens with zero attached hydrogens (tertiary/aromatic N) is 4. The summed E-state index contributed by atoms with van der Waals surface area (Å²) in [5.74, 6) is 0. The summed E-state index contributed by atoms with van der Waals surface area (Å²) in [5.41, 5.74) is 21.7. The van der Waals surface area contributed by atoms with Crippen molar-refractivity contribution < 1.29 is 0 Å². The first-order valence-corrected chi connectivity index (χ1v) is 26.4. The Morgan fingerprint density at radius 1 is 0.182 bits per heavy atom. The maximum Gasteiger partial charge on any atom is 0.0728 e. The third-order valence-electron chi connectivity index (χ3n) is 15.3. The third kappa shape index (κ3) is 7.61. The number of anilines is 12. The van der Waals surface area contributed by atoms with Crippen molar-refractivity contribution in [3.05, 3.63) is 338 Å². The van der Waals surface area contributed by atoms with Gasteiger partial charge in [0.2, 0.25) is 0 Å². The number of benzene rings is 12. The molecule has 12 aromatic rings. The van der Waals surface area contributed by atoms with Gasteiger partial charge >= 0.3 is 0 Å². The minimum atomic E-state index is -0.816. The van der Waals surface area contributed by atoms with Crippen LogP contribution < -0.4 is 19.6 Å². The van der Waals surface area contributed by atoms with Crippen LogP contribution in [0.1, 0.15) is 22.3 Å². The van der Waals surface area contributed by atoms with Crippen molar-refractivity contribution in [2.45, 2.75) is 5.41 Å². The van der Waals surface area contributed by atoms with Crippen LogP contribution in [0.15, 0.2) is 315 Å². The van der Waals surface area contributed by atoms with Gasteiger partial charge in [-0.3, -0.25) is 0 Å². The molecule has 2 aliphatic carbocycles. The van der Waals surface area contributed by atoms with Gasteiger partial charge in [-0.1, -0.05) is 194 Å². The Hall–Kier alpha value is -10.2. The lowest BCUT2D eigenvalue weighted by Gasteiger charge is -2.36. The SMILES string of the molecule is c1ccc(N(c2ccccc2)c2cc(N(c3ccccc3)c3ccccc3)c3c(c2)C2(c4ccccc4-3)c3ccccc3-c3c(N(c4ccccc4)c4ccccc4)cc(N(c4ccccc4)c4ccccc4)cc32)cc1. The zero-order chi connectivity index (χ0) is 51.1. The molecule has 2 aliphatic rings. The Labute approximate surface area is 450 Å². The lowest BCUT2D eigenvalue weighted by atomic mass is 9.70. The molecule has 4 heteroatoms. The van der Waals surface area contributed by atoms with Gasteiger partial charge < -0.3 is 19.6 Å². The number of rotatable bonds is 12. The normalized spacial score (nSPS) is 12.3. The second kappa shape index (κ2) is 19.3. The van der Waals surface area contributed by atoms with Crippen LogP contribution in [0.2, 0.25) is 0 Å². The van der Waals surface area contributed by atoms with Gasteiger partial charge in [-0.15, -0.1) is 0 Å². The van der Waals surface area contributed by atoms with Crippen molar-refractivity contribution >= 4 is 68.2 Å². The molecule has 14 rings (SSSR count). The van der Waals surface area contributed by atoms with Crippen LogP contribution >= 0.6 is 0 Å². The molecular weight excluding hydrogens is 933 g/mol. The summed E-state index contributed by atoms with van der Waals surface area (Å²) in [6, 6.07) is 115. The van der Waals surface area contributed by atoms with Gasteiger partial charge in [0.15, 0.2) is 0 Å². The molecule has 0 atom stereocenters. The van der Waals surface area contributed by atoms with Crippen molar-refractivity contribution in [2.75, 3.05) is 19.6 Å². The van der Waals surface area contributed by atoms with E-state index in [9.17, 15) is 0 Å². The largest absolute Gasteiger partial charge is 0.310 e. The van der Waals surface area contributed by atoms with Gasteiger partial charge in [0.25, 0.3) is 0 Å². The maximum absolute atomic E-state index is 2.52. The standard InChI is InChI=1S/C73H52N4/c1-9-29-53(30-10-1)74(54-31-11-2-12-32-54)61-49-67-71(69(51-61)76(57-37-17-5-18-38-57)58-39-19-6-20-40-58)63-45-25-27-47-65(63)73(67)66-48-28-26-46-64(66)72-68(73)50-62(75(55-33-13-3-14-34-55)56-35-15-4-16-36-56)52-70(72)77(59-41-21-7-22-42-59)60-43-23-8-24-44-60/h1-52H. The van der Waals surface area contributed by atoms with Crippen molar-refractivity contribution in [3.63, 3.8) is 0 Å². The highest BCUT2D eigenvalue weighted by Crippen LogP contribution is 2.68. The molecule has 364 valence electrons. The molecule has 0 aliphatic heterocycles. The average Bonchev–Trinajstić information content (AvgIpc) is 4.03. The molecule has 77 heavy (non-hydrogen) atoms. The van der Waals surface area contributed by atoms with Crippen LogP contribution in [0.25, 0.3) is 22.3 Å². The van der Waals surface area contributed by atoms with Crippen molar-refractivity contribution in [2.24, 2.45) is 0 Å². The monoisotopic (exact) mass is 984 g/mol. The minimum Gasteiger partial charge on any atom is -0.310 e. The van der Waals surface area contributed by atoms with Crippen LogP contribution in [0.5, 0.6) is 0 Å². The molecule has 0 N–H and O–H groups in total. The molecule has 0 amide bonds. The van der Waals surface area contributed by atoms with Gasteiger partial charge in [-0.2, -0.15) is 0 Å². The van der Waals surface area contributed by atoms with Crippen molar-refractivity contribution in [3.8, 4) is 22.3 Å². The van der Waals surface area contributed by atoms with E-state index in [4.69, 9.17) is 0 Å². The van der Waals surface area contributed by atoms with Crippen LogP contribution in [0.3, 0.4) is 0 Å². The zero-order valence-corrected chi connectivity index (χ0v) is 42.3. The zero-order valence-electron chi connectivity index (χ0n) is 42.3. The number of para-hydroxylation sites is 8.